The first-order valence-corrected chi connectivity index (χ1v) is 9.91. The van der Waals surface area contributed by atoms with Crippen LogP contribution in [0.3, 0.4) is 0 Å². The predicted molar refractivity (Wildman–Crippen MR) is 109 cm³/mol. The predicted octanol–water partition coefficient (Wildman–Crippen LogP) is 4.28. The molecule has 1 atom stereocenters. The van der Waals surface area contributed by atoms with Crippen LogP contribution in [-0.2, 0) is 20.9 Å². The van der Waals surface area contributed by atoms with E-state index in [1.54, 1.807) is 13.0 Å². The fraction of sp³-hybridized carbons (Fsp3) is 0.190. The van der Waals surface area contributed by atoms with E-state index in [0.29, 0.717) is 17.1 Å². The second-order valence-electron chi connectivity index (χ2n) is 6.16. The van der Waals surface area contributed by atoms with E-state index in [9.17, 15) is 14.0 Å². The van der Waals surface area contributed by atoms with E-state index in [4.69, 9.17) is 9.26 Å². The van der Waals surface area contributed by atoms with Crippen molar-refractivity contribution < 1.29 is 23.2 Å². The number of nitrogens with one attached hydrogen (secondary N) is 1. The molecule has 0 spiro atoms. The molecule has 1 unspecified atom stereocenters. The zero-order chi connectivity index (χ0) is 20.6. The van der Waals surface area contributed by atoms with Crippen molar-refractivity contribution >= 4 is 29.3 Å². The number of halogens is 1. The van der Waals surface area contributed by atoms with E-state index in [0.717, 1.165) is 17.3 Å². The number of esters is 1. The number of ether oxygens (including phenoxy) is 1. The summed E-state index contributed by atoms with van der Waals surface area (Å²) in [4.78, 5) is 24.1. The molecule has 0 radical (unpaired) electrons. The summed E-state index contributed by atoms with van der Waals surface area (Å²) in [5.74, 6) is -0.456. The zero-order valence-corrected chi connectivity index (χ0v) is 16.4. The van der Waals surface area contributed by atoms with Gasteiger partial charge in [-0.05, 0) is 31.2 Å². The molecule has 0 fully saturated rings. The normalized spacial score (nSPS) is 11.7. The maximum Gasteiger partial charge on any atom is 0.319 e. The van der Waals surface area contributed by atoms with Gasteiger partial charge in [0.25, 0.3) is 0 Å². The summed E-state index contributed by atoms with van der Waals surface area (Å²) in [7, 11) is 0. The third kappa shape index (κ3) is 6.18. The lowest BCUT2D eigenvalue weighted by Gasteiger charge is -2.10. The summed E-state index contributed by atoms with van der Waals surface area (Å²) >= 11 is 1.15. The fourth-order valence-electron chi connectivity index (χ4n) is 2.38. The minimum absolute atomic E-state index is 0.0121. The third-order valence-corrected chi connectivity index (χ3v) is 5.03. The molecule has 1 N–H and O–H groups in total. The molecule has 0 saturated heterocycles. The number of rotatable bonds is 8. The molecule has 8 heteroatoms. The van der Waals surface area contributed by atoms with Gasteiger partial charge in [-0.25, -0.2) is 4.39 Å². The molecule has 0 aliphatic heterocycles. The molecular weight excluding hydrogens is 395 g/mol. The molecule has 6 nitrogen and oxygen atoms in total. The molecule has 2 aromatic carbocycles. The highest BCUT2D eigenvalue weighted by molar-refractivity contribution is 8.01. The first-order valence-electron chi connectivity index (χ1n) is 8.86. The second-order valence-corrected chi connectivity index (χ2v) is 7.49. The average molecular weight is 414 g/mol. The third-order valence-electron chi connectivity index (χ3n) is 3.90. The van der Waals surface area contributed by atoms with Crippen LogP contribution in [0.5, 0.6) is 0 Å². The van der Waals surface area contributed by atoms with Gasteiger partial charge in [0.15, 0.2) is 5.76 Å². The highest BCUT2D eigenvalue weighted by Crippen LogP contribution is 2.20. The lowest BCUT2D eigenvalue weighted by molar-refractivity contribution is -0.144. The summed E-state index contributed by atoms with van der Waals surface area (Å²) in [6.07, 6.45) is 0. The number of carbonyl (C=O) groups is 2. The molecule has 0 saturated carbocycles. The zero-order valence-electron chi connectivity index (χ0n) is 15.6. The van der Waals surface area contributed by atoms with Crippen molar-refractivity contribution in [2.75, 3.05) is 11.1 Å². The maximum atomic E-state index is 12.9. The van der Waals surface area contributed by atoms with Gasteiger partial charge in [-0.3, -0.25) is 9.59 Å². The molecule has 1 heterocycles. The standard InChI is InChI=1S/C21H19FN2O4S/c1-14(29-13-20(25)23-17-9-7-16(22)8-10-17)21(26)27-12-18-11-19(28-24-18)15-5-3-2-4-6-15/h2-11,14H,12-13H2,1H3,(H,23,25). The monoisotopic (exact) mass is 414 g/mol. The molecule has 29 heavy (non-hydrogen) atoms. The lowest BCUT2D eigenvalue weighted by Crippen LogP contribution is -2.21. The molecule has 0 aliphatic carbocycles. The van der Waals surface area contributed by atoms with E-state index in [1.165, 1.54) is 24.3 Å². The molecule has 0 bridgehead atoms. The Morgan fingerprint density at radius 1 is 1.17 bits per heavy atom. The van der Waals surface area contributed by atoms with Gasteiger partial charge in [-0.2, -0.15) is 0 Å². The maximum absolute atomic E-state index is 12.9. The Hall–Kier alpha value is -3.13. The minimum Gasteiger partial charge on any atom is -0.458 e. The van der Waals surface area contributed by atoms with E-state index in [1.807, 2.05) is 30.3 Å². The van der Waals surface area contributed by atoms with Crippen LogP contribution < -0.4 is 5.32 Å². The SMILES string of the molecule is CC(SCC(=O)Nc1ccc(F)cc1)C(=O)OCc1cc(-c2ccccc2)on1. The van der Waals surface area contributed by atoms with Gasteiger partial charge >= 0.3 is 5.97 Å². The number of thioether (sulfide) groups is 1. The van der Waals surface area contributed by atoms with Gasteiger partial charge in [0.2, 0.25) is 5.91 Å². The van der Waals surface area contributed by atoms with Crippen molar-refractivity contribution in [3.63, 3.8) is 0 Å². The second kappa shape index (κ2) is 9.88. The number of amides is 1. The van der Waals surface area contributed by atoms with Crippen molar-refractivity contribution in [3.8, 4) is 11.3 Å². The van der Waals surface area contributed by atoms with Gasteiger partial charge < -0.3 is 14.6 Å². The number of hydrogen-bond acceptors (Lipinski definition) is 6. The van der Waals surface area contributed by atoms with Gasteiger partial charge in [0, 0.05) is 17.3 Å². The summed E-state index contributed by atoms with van der Waals surface area (Å²) in [5.41, 5.74) is 1.88. The molecule has 1 aromatic heterocycles. The topological polar surface area (TPSA) is 81.4 Å². The van der Waals surface area contributed by atoms with Crippen LogP contribution in [0.2, 0.25) is 0 Å². The summed E-state index contributed by atoms with van der Waals surface area (Å²) in [5, 5.41) is 6.01. The van der Waals surface area contributed by atoms with Crippen LogP contribution in [0.15, 0.2) is 65.2 Å². The number of aromatic nitrogens is 1. The summed E-state index contributed by atoms with van der Waals surface area (Å²) in [6, 6.07) is 16.7. The number of hydrogen-bond donors (Lipinski definition) is 1. The quantitative estimate of drug-likeness (QED) is 0.554. The van der Waals surface area contributed by atoms with E-state index >= 15 is 0 Å². The number of anilines is 1. The largest absolute Gasteiger partial charge is 0.458 e. The van der Waals surface area contributed by atoms with Crippen molar-refractivity contribution in [2.45, 2.75) is 18.8 Å². The van der Waals surface area contributed by atoms with Gasteiger partial charge in [-0.15, -0.1) is 11.8 Å². The Morgan fingerprint density at radius 2 is 1.90 bits per heavy atom. The smallest absolute Gasteiger partial charge is 0.319 e. The molecular formula is C21H19FN2O4S. The van der Waals surface area contributed by atoms with Crippen molar-refractivity contribution in [1.82, 2.24) is 5.16 Å². The minimum atomic E-state index is -0.533. The van der Waals surface area contributed by atoms with Crippen LogP contribution in [0.1, 0.15) is 12.6 Å². The first kappa shape index (κ1) is 20.6. The van der Waals surface area contributed by atoms with E-state index in [-0.39, 0.29) is 24.1 Å². The van der Waals surface area contributed by atoms with E-state index in [2.05, 4.69) is 10.5 Å². The fourth-order valence-corrected chi connectivity index (χ4v) is 3.06. The van der Waals surface area contributed by atoms with Crippen LogP contribution in [0.4, 0.5) is 10.1 Å². The Kier molecular flexibility index (Phi) is 7.02. The lowest BCUT2D eigenvalue weighted by atomic mass is 10.2. The van der Waals surface area contributed by atoms with Gasteiger partial charge in [0.05, 0.1) is 5.75 Å². The van der Waals surface area contributed by atoms with Crippen molar-refractivity contribution in [3.05, 3.63) is 72.2 Å². The molecule has 0 aliphatic rings. The highest BCUT2D eigenvalue weighted by Gasteiger charge is 2.18. The first-order chi connectivity index (χ1) is 14.0. The molecule has 3 aromatic rings. The Bertz CT molecular complexity index is 960. The van der Waals surface area contributed by atoms with Crippen LogP contribution in [-0.4, -0.2) is 28.0 Å². The van der Waals surface area contributed by atoms with Gasteiger partial charge in [-0.1, -0.05) is 35.5 Å². The van der Waals surface area contributed by atoms with Crippen LogP contribution >= 0.6 is 11.8 Å². The molecule has 3 rings (SSSR count). The van der Waals surface area contributed by atoms with Crippen molar-refractivity contribution in [2.24, 2.45) is 0 Å². The van der Waals surface area contributed by atoms with Crippen molar-refractivity contribution in [1.29, 1.82) is 0 Å². The van der Waals surface area contributed by atoms with Gasteiger partial charge in [0.1, 0.15) is 23.4 Å². The number of benzene rings is 2. The number of nitrogens with zero attached hydrogens (tertiary/aromatic N) is 1. The Balaban J connectivity index is 1.42. The van der Waals surface area contributed by atoms with E-state index < -0.39 is 11.2 Å². The molecule has 1 amide bonds. The summed E-state index contributed by atoms with van der Waals surface area (Å²) < 4.78 is 23.4. The highest BCUT2D eigenvalue weighted by atomic mass is 32.2. The Labute approximate surface area is 171 Å². The number of carbonyl (C=O) groups excluding carboxylic acids is 2. The summed E-state index contributed by atoms with van der Waals surface area (Å²) in [6.45, 7) is 1.65. The Morgan fingerprint density at radius 3 is 2.62 bits per heavy atom. The van der Waals surface area contributed by atoms with Crippen LogP contribution in [0, 0.1) is 5.82 Å². The van der Waals surface area contributed by atoms with Crippen LogP contribution in [0.25, 0.3) is 11.3 Å². The average Bonchev–Trinajstić information content (AvgIpc) is 3.21. The molecule has 150 valence electrons.